The molecule has 2 atom stereocenters. The molecular formula is C25H30N2O2S. The number of hydrogen-bond acceptors (Lipinski definition) is 3. The van der Waals surface area contributed by atoms with Gasteiger partial charge in [0.25, 0.3) is 0 Å². The molecule has 0 aliphatic heterocycles. The molecule has 0 amide bonds. The highest BCUT2D eigenvalue weighted by Crippen LogP contribution is 2.16. The second-order valence-corrected chi connectivity index (χ2v) is 8.56. The molecule has 0 aliphatic rings. The fraction of sp³-hybridized carbons (Fsp3) is 0.280. The standard InChI is InChI=1S/C25H30N2O2S/c1-20-10-16-24(17-11-20)30(28)27-25(22-8-4-3-5-9-22)19-26-18-6-7-21-12-14-23(29-2)15-13-21/h3-5,8-17,25-27H,6-7,18-19H2,1-2H3. The number of nitrogens with one attached hydrogen (secondary N) is 2. The summed E-state index contributed by atoms with van der Waals surface area (Å²) in [5.41, 5.74) is 3.59. The normalized spacial score (nSPS) is 13.0. The van der Waals surface area contributed by atoms with Crippen molar-refractivity contribution in [2.45, 2.75) is 30.7 Å². The van der Waals surface area contributed by atoms with Crippen molar-refractivity contribution in [1.82, 2.24) is 10.0 Å². The highest BCUT2D eigenvalue weighted by atomic mass is 32.2. The Kier molecular flexibility index (Phi) is 8.63. The van der Waals surface area contributed by atoms with Crippen molar-refractivity contribution >= 4 is 11.0 Å². The van der Waals surface area contributed by atoms with E-state index in [-0.39, 0.29) is 6.04 Å². The van der Waals surface area contributed by atoms with Crippen molar-refractivity contribution < 1.29 is 8.95 Å². The van der Waals surface area contributed by atoms with Gasteiger partial charge in [0.05, 0.1) is 18.0 Å². The molecule has 0 saturated heterocycles. The first-order chi connectivity index (χ1) is 14.7. The maximum absolute atomic E-state index is 12.8. The zero-order valence-electron chi connectivity index (χ0n) is 17.6. The summed E-state index contributed by atoms with van der Waals surface area (Å²) in [5, 5.41) is 3.52. The largest absolute Gasteiger partial charge is 0.497 e. The van der Waals surface area contributed by atoms with Crippen LogP contribution in [0.2, 0.25) is 0 Å². The quantitative estimate of drug-likeness (QED) is 0.445. The van der Waals surface area contributed by atoms with E-state index in [1.54, 1.807) is 7.11 Å². The number of aryl methyl sites for hydroxylation is 2. The lowest BCUT2D eigenvalue weighted by molar-refractivity contribution is 0.414. The summed E-state index contributed by atoms with van der Waals surface area (Å²) in [7, 11) is 0.418. The zero-order chi connectivity index (χ0) is 21.2. The van der Waals surface area contributed by atoms with E-state index in [0.717, 1.165) is 41.2 Å². The average molecular weight is 423 g/mol. The van der Waals surface area contributed by atoms with Crippen molar-refractivity contribution in [3.63, 3.8) is 0 Å². The van der Waals surface area contributed by atoms with E-state index in [2.05, 4.69) is 34.3 Å². The lowest BCUT2D eigenvalue weighted by Crippen LogP contribution is -2.33. The van der Waals surface area contributed by atoms with Gasteiger partial charge in [0, 0.05) is 6.54 Å². The molecule has 30 heavy (non-hydrogen) atoms. The Bertz CT molecular complexity index is 912. The van der Waals surface area contributed by atoms with Crippen LogP contribution in [-0.2, 0) is 17.4 Å². The predicted molar refractivity (Wildman–Crippen MR) is 124 cm³/mol. The van der Waals surface area contributed by atoms with Crippen LogP contribution >= 0.6 is 0 Å². The molecular weight excluding hydrogens is 392 g/mol. The number of benzene rings is 3. The average Bonchev–Trinajstić information content (AvgIpc) is 2.79. The molecule has 3 aromatic rings. The highest BCUT2D eigenvalue weighted by Gasteiger charge is 2.15. The molecule has 158 valence electrons. The fourth-order valence-electron chi connectivity index (χ4n) is 3.23. The molecule has 2 unspecified atom stereocenters. The Hall–Kier alpha value is -2.47. The van der Waals surface area contributed by atoms with Gasteiger partial charge in [-0.3, -0.25) is 0 Å². The van der Waals surface area contributed by atoms with E-state index >= 15 is 0 Å². The van der Waals surface area contributed by atoms with E-state index in [1.807, 2.05) is 61.5 Å². The van der Waals surface area contributed by atoms with Gasteiger partial charge in [-0.15, -0.1) is 0 Å². The van der Waals surface area contributed by atoms with Gasteiger partial charge in [0.1, 0.15) is 16.7 Å². The van der Waals surface area contributed by atoms with Crippen LogP contribution in [0.5, 0.6) is 5.75 Å². The van der Waals surface area contributed by atoms with Gasteiger partial charge in [-0.25, -0.2) is 8.93 Å². The van der Waals surface area contributed by atoms with Gasteiger partial charge < -0.3 is 10.1 Å². The number of rotatable bonds is 11. The number of ether oxygens (including phenoxy) is 1. The van der Waals surface area contributed by atoms with E-state index in [9.17, 15) is 4.21 Å². The molecule has 5 heteroatoms. The molecule has 0 spiro atoms. The Morgan fingerprint density at radius 2 is 1.63 bits per heavy atom. The summed E-state index contributed by atoms with van der Waals surface area (Å²) in [6, 6.07) is 26.2. The van der Waals surface area contributed by atoms with Crippen LogP contribution < -0.4 is 14.8 Å². The van der Waals surface area contributed by atoms with Gasteiger partial charge in [0.2, 0.25) is 0 Å². The monoisotopic (exact) mass is 422 g/mol. The van der Waals surface area contributed by atoms with Crippen LogP contribution in [0.1, 0.15) is 29.2 Å². The minimum absolute atomic E-state index is 0.0330. The minimum atomic E-state index is -1.26. The highest BCUT2D eigenvalue weighted by molar-refractivity contribution is 7.83. The van der Waals surface area contributed by atoms with Gasteiger partial charge in [-0.1, -0.05) is 60.2 Å². The first-order valence-electron chi connectivity index (χ1n) is 10.3. The third kappa shape index (κ3) is 6.80. The molecule has 0 heterocycles. The molecule has 3 aromatic carbocycles. The van der Waals surface area contributed by atoms with Crippen molar-refractivity contribution in [3.8, 4) is 5.75 Å². The van der Waals surface area contributed by atoms with E-state index < -0.39 is 11.0 Å². The lowest BCUT2D eigenvalue weighted by atomic mass is 10.1. The molecule has 0 aromatic heterocycles. The summed E-state index contributed by atoms with van der Waals surface area (Å²) in [6.07, 6.45) is 2.05. The summed E-state index contributed by atoms with van der Waals surface area (Å²) in [5.74, 6) is 0.884. The molecule has 0 bridgehead atoms. The second-order valence-electron chi connectivity index (χ2n) is 7.32. The summed E-state index contributed by atoms with van der Waals surface area (Å²) in [4.78, 5) is 0.793. The maximum Gasteiger partial charge on any atom is 0.125 e. The molecule has 4 nitrogen and oxygen atoms in total. The minimum Gasteiger partial charge on any atom is -0.497 e. The Morgan fingerprint density at radius 1 is 0.933 bits per heavy atom. The first-order valence-corrected chi connectivity index (χ1v) is 11.4. The summed E-state index contributed by atoms with van der Waals surface area (Å²) in [6.45, 7) is 3.64. The lowest BCUT2D eigenvalue weighted by Gasteiger charge is -2.19. The van der Waals surface area contributed by atoms with Crippen molar-refractivity contribution in [3.05, 3.63) is 95.6 Å². The van der Waals surface area contributed by atoms with Gasteiger partial charge >= 0.3 is 0 Å². The first kappa shape index (κ1) is 22.2. The van der Waals surface area contributed by atoms with E-state index in [0.29, 0.717) is 6.54 Å². The molecule has 0 saturated carbocycles. The predicted octanol–water partition coefficient (Wildman–Crippen LogP) is 4.58. The summed E-state index contributed by atoms with van der Waals surface area (Å²) < 4.78 is 21.3. The Labute approximate surface area is 182 Å². The Balaban J connectivity index is 1.52. The Morgan fingerprint density at radius 3 is 2.30 bits per heavy atom. The number of methoxy groups -OCH3 is 1. The SMILES string of the molecule is COc1ccc(CCCNCC(NS(=O)c2ccc(C)cc2)c2ccccc2)cc1. The van der Waals surface area contributed by atoms with Crippen molar-refractivity contribution in [2.75, 3.05) is 20.2 Å². The fourth-order valence-corrected chi connectivity index (χ4v) is 4.23. The third-order valence-electron chi connectivity index (χ3n) is 5.01. The van der Waals surface area contributed by atoms with Crippen LogP contribution in [0.4, 0.5) is 0 Å². The summed E-state index contributed by atoms with van der Waals surface area (Å²) >= 11 is 0. The molecule has 0 aliphatic carbocycles. The van der Waals surface area contributed by atoms with Crippen LogP contribution in [0.15, 0.2) is 83.8 Å². The smallest absolute Gasteiger partial charge is 0.125 e. The van der Waals surface area contributed by atoms with E-state index in [1.165, 1.54) is 5.56 Å². The molecule has 2 N–H and O–H groups in total. The van der Waals surface area contributed by atoms with Gasteiger partial charge in [-0.05, 0) is 61.7 Å². The third-order valence-corrected chi connectivity index (χ3v) is 6.21. The molecule has 0 fully saturated rings. The van der Waals surface area contributed by atoms with Crippen molar-refractivity contribution in [1.29, 1.82) is 0 Å². The van der Waals surface area contributed by atoms with Crippen LogP contribution in [0.25, 0.3) is 0 Å². The van der Waals surface area contributed by atoms with Gasteiger partial charge in [-0.2, -0.15) is 0 Å². The topological polar surface area (TPSA) is 50.4 Å². The number of hydrogen-bond donors (Lipinski definition) is 2. The molecule has 0 radical (unpaired) electrons. The van der Waals surface area contributed by atoms with E-state index in [4.69, 9.17) is 4.74 Å². The van der Waals surface area contributed by atoms with Crippen molar-refractivity contribution in [2.24, 2.45) is 0 Å². The molecule has 3 rings (SSSR count). The van der Waals surface area contributed by atoms with Crippen LogP contribution in [-0.4, -0.2) is 24.4 Å². The zero-order valence-corrected chi connectivity index (χ0v) is 18.5. The van der Waals surface area contributed by atoms with Crippen LogP contribution in [0.3, 0.4) is 0 Å². The van der Waals surface area contributed by atoms with Crippen LogP contribution in [0, 0.1) is 6.92 Å². The maximum atomic E-state index is 12.8. The van der Waals surface area contributed by atoms with Gasteiger partial charge in [0.15, 0.2) is 0 Å². The second kappa shape index (κ2) is 11.6.